The van der Waals surface area contributed by atoms with Crippen LogP contribution >= 0.6 is 11.6 Å². The lowest BCUT2D eigenvalue weighted by Gasteiger charge is -2.08. The van der Waals surface area contributed by atoms with Gasteiger partial charge < -0.3 is 0 Å². The lowest BCUT2D eigenvalue weighted by molar-refractivity contribution is 0.580. The summed E-state index contributed by atoms with van der Waals surface area (Å²) in [4.78, 5) is 3.91. The minimum absolute atomic E-state index is 0.0271. The van der Waals surface area contributed by atoms with Gasteiger partial charge in [-0.25, -0.2) is 18.1 Å². The van der Waals surface area contributed by atoms with Crippen LogP contribution in [-0.2, 0) is 22.3 Å². The van der Waals surface area contributed by atoms with Crippen molar-refractivity contribution >= 4 is 21.6 Å². The first-order valence-electron chi connectivity index (χ1n) is 6.08. The van der Waals surface area contributed by atoms with Crippen molar-refractivity contribution in [2.75, 3.05) is 0 Å². The monoisotopic (exact) mass is 310 g/mol. The number of benzene rings is 1. The molecule has 2 aromatic rings. The summed E-state index contributed by atoms with van der Waals surface area (Å²) in [5.74, 6) is -0.0271. The fraction of sp³-hybridized carbons (Fsp3) is 0.214. The number of aryl methyl sites for hydroxylation is 1. The Morgan fingerprint density at radius 1 is 1.20 bits per heavy atom. The molecule has 4 nitrogen and oxygen atoms in total. The van der Waals surface area contributed by atoms with E-state index in [1.807, 2.05) is 31.2 Å². The number of rotatable bonds is 5. The van der Waals surface area contributed by atoms with Gasteiger partial charge in [0.2, 0.25) is 10.0 Å². The highest BCUT2D eigenvalue weighted by Crippen LogP contribution is 2.11. The van der Waals surface area contributed by atoms with Gasteiger partial charge in [0.25, 0.3) is 0 Å². The lowest BCUT2D eigenvalue weighted by atomic mass is 10.1. The molecular weight excluding hydrogens is 296 g/mol. The van der Waals surface area contributed by atoms with Gasteiger partial charge in [-0.3, -0.25) is 0 Å². The Hall–Kier alpha value is -1.43. The summed E-state index contributed by atoms with van der Waals surface area (Å²) in [6.07, 6.45) is 1.55. The first kappa shape index (κ1) is 15.0. The van der Waals surface area contributed by atoms with Crippen molar-refractivity contribution in [1.82, 2.24) is 9.71 Å². The van der Waals surface area contributed by atoms with E-state index >= 15 is 0 Å². The quantitative estimate of drug-likeness (QED) is 0.864. The highest BCUT2D eigenvalue weighted by molar-refractivity contribution is 7.88. The van der Waals surface area contributed by atoms with Crippen molar-refractivity contribution in [3.8, 4) is 0 Å². The molecule has 0 fully saturated rings. The van der Waals surface area contributed by atoms with E-state index in [0.29, 0.717) is 5.15 Å². The van der Waals surface area contributed by atoms with Gasteiger partial charge in [0.05, 0.1) is 5.75 Å². The molecule has 0 aliphatic rings. The molecule has 20 heavy (non-hydrogen) atoms. The van der Waals surface area contributed by atoms with E-state index < -0.39 is 10.0 Å². The van der Waals surface area contributed by atoms with E-state index in [9.17, 15) is 8.42 Å². The number of halogens is 1. The summed E-state index contributed by atoms with van der Waals surface area (Å²) in [6.45, 7) is 2.10. The third-order valence-corrected chi connectivity index (χ3v) is 4.39. The van der Waals surface area contributed by atoms with Gasteiger partial charge in [-0.05, 0) is 29.7 Å². The fourth-order valence-corrected chi connectivity index (χ4v) is 3.07. The lowest BCUT2D eigenvalue weighted by Crippen LogP contribution is -2.25. The third kappa shape index (κ3) is 4.30. The molecule has 0 atom stereocenters. The molecule has 0 unspecified atom stereocenters. The van der Waals surface area contributed by atoms with Gasteiger partial charge in [0.15, 0.2) is 0 Å². The predicted octanol–water partition coefficient (Wildman–Crippen LogP) is 2.66. The van der Waals surface area contributed by atoms with Crippen LogP contribution < -0.4 is 4.72 Å². The van der Waals surface area contributed by atoms with E-state index in [2.05, 4.69) is 9.71 Å². The molecule has 0 amide bonds. The van der Waals surface area contributed by atoms with Crippen LogP contribution in [0.1, 0.15) is 16.7 Å². The number of sulfonamides is 1. The van der Waals surface area contributed by atoms with Crippen LogP contribution in [0.5, 0.6) is 0 Å². The van der Waals surface area contributed by atoms with Gasteiger partial charge in [0, 0.05) is 12.7 Å². The first-order valence-corrected chi connectivity index (χ1v) is 8.11. The SMILES string of the molecule is Cc1ccccc1CS(=O)(=O)NCc1ccc(Cl)nc1. The largest absolute Gasteiger partial charge is 0.244 e. The van der Waals surface area contributed by atoms with Gasteiger partial charge in [0.1, 0.15) is 5.15 Å². The first-order chi connectivity index (χ1) is 9.46. The molecule has 6 heteroatoms. The predicted molar refractivity (Wildman–Crippen MR) is 79.9 cm³/mol. The molecule has 106 valence electrons. The van der Waals surface area contributed by atoms with Crippen LogP contribution in [0.15, 0.2) is 42.6 Å². The highest BCUT2D eigenvalue weighted by Gasteiger charge is 2.12. The van der Waals surface area contributed by atoms with Crippen molar-refractivity contribution in [3.05, 3.63) is 64.4 Å². The average Bonchev–Trinajstić information content (AvgIpc) is 2.41. The van der Waals surface area contributed by atoms with Gasteiger partial charge in [-0.15, -0.1) is 0 Å². The second-order valence-corrected chi connectivity index (χ2v) is 6.69. The number of nitrogens with zero attached hydrogens (tertiary/aromatic N) is 1. The summed E-state index contributed by atoms with van der Waals surface area (Å²) >= 11 is 5.68. The standard InChI is InChI=1S/C14H15ClN2O2S/c1-11-4-2-3-5-13(11)10-20(18,19)17-9-12-6-7-14(15)16-8-12/h2-8,17H,9-10H2,1H3. The molecule has 0 aliphatic carbocycles. The normalized spacial score (nSPS) is 11.5. The Kier molecular flexibility index (Phi) is 4.75. The number of hydrogen-bond acceptors (Lipinski definition) is 3. The maximum absolute atomic E-state index is 12.0. The van der Waals surface area contributed by atoms with Crippen LogP contribution in [0, 0.1) is 6.92 Å². The van der Waals surface area contributed by atoms with E-state index in [1.54, 1.807) is 18.3 Å². The summed E-state index contributed by atoms with van der Waals surface area (Å²) in [7, 11) is -3.38. The molecule has 0 aliphatic heterocycles. The average molecular weight is 311 g/mol. The minimum atomic E-state index is -3.38. The van der Waals surface area contributed by atoms with E-state index in [1.165, 1.54) is 0 Å². The van der Waals surface area contributed by atoms with Crippen LogP contribution in [0.3, 0.4) is 0 Å². The Morgan fingerprint density at radius 3 is 2.60 bits per heavy atom. The Bertz CT molecular complexity index is 685. The minimum Gasteiger partial charge on any atom is -0.244 e. The topological polar surface area (TPSA) is 59.1 Å². The summed E-state index contributed by atoms with van der Waals surface area (Å²) in [5, 5.41) is 0.386. The fourth-order valence-electron chi connectivity index (χ4n) is 1.73. The summed E-state index contributed by atoms with van der Waals surface area (Å²) < 4.78 is 26.6. The van der Waals surface area contributed by atoms with Crippen LogP contribution in [0.25, 0.3) is 0 Å². The molecule has 0 saturated heterocycles. The molecule has 1 N–H and O–H groups in total. The van der Waals surface area contributed by atoms with Gasteiger partial charge in [-0.1, -0.05) is 41.9 Å². The number of hydrogen-bond donors (Lipinski definition) is 1. The summed E-state index contributed by atoms with van der Waals surface area (Å²) in [6, 6.07) is 10.8. The highest BCUT2D eigenvalue weighted by atomic mass is 35.5. The van der Waals surface area contributed by atoms with Crippen LogP contribution in [0.4, 0.5) is 0 Å². The summed E-state index contributed by atoms with van der Waals surface area (Å²) in [5.41, 5.74) is 2.53. The molecule has 2 rings (SSSR count). The molecule has 1 heterocycles. The van der Waals surface area contributed by atoms with Gasteiger partial charge in [-0.2, -0.15) is 0 Å². The smallest absolute Gasteiger partial charge is 0.216 e. The molecule has 0 saturated carbocycles. The third-order valence-electron chi connectivity index (χ3n) is 2.89. The second kappa shape index (κ2) is 6.35. The van der Waals surface area contributed by atoms with Crippen molar-refractivity contribution in [2.45, 2.75) is 19.2 Å². The number of nitrogens with one attached hydrogen (secondary N) is 1. The molecular formula is C14H15ClN2O2S. The van der Waals surface area contributed by atoms with Crippen molar-refractivity contribution in [2.24, 2.45) is 0 Å². The zero-order valence-corrected chi connectivity index (χ0v) is 12.6. The number of pyridine rings is 1. The molecule has 0 spiro atoms. The Morgan fingerprint density at radius 2 is 1.95 bits per heavy atom. The van der Waals surface area contributed by atoms with E-state index in [0.717, 1.165) is 16.7 Å². The van der Waals surface area contributed by atoms with Crippen molar-refractivity contribution in [1.29, 1.82) is 0 Å². The maximum atomic E-state index is 12.0. The van der Waals surface area contributed by atoms with Crippen molar-refractivity contribution < 1.29 is 8.42 Å². The second-order valence-electron chi connectivity index (χ2n) is 4.50. The van der Waals surface area contributed by atoms with Crippen molar-refractivity contribution in [3.63, 3.8) is 0 Å². The Balaban J connectivity index is 2.01. The van der Waals surface area contributed by atoms with Crippen LogP contribution in [0.2, 0.25) is 5.15 Å². The molecule has 1 aromatic heterocycles. The number of aromatic nitrogens is 1. The Labute approximate surface area is 123 Å². The molecule has 1 aromatic carbocycles. The molecule has 0 bridgehead atoms. The maximum Gasteiger partial charge on any atom is 0.216 e. The zero-order chi connectivity index (χ0) is 14.6. The molecule has 0 radical (unpaired) electrons. The zero-order valence-electron chi connectivity index (χ0n) is 11.0. The van der Waals surface area contributed by atoms with E-state index in [4.69, 9.17) is 11.6 Å². The van der Waals surface area contributed by atoms with Gasteiger partial charge >= 0.3 is 0 Å². The van der Waals surface area contributed by atoms with E-state index in [-0.39, 0.29) is 12.3 Å². The van der Waals surface area contributed by atoms with Crippen LogP contribution in [-0.4, -0.2) is 13.4 Å².